The molecular weight excluding hydrogens is 284 g/mol. The molecule has 0 aromatic heterocycles. The fourth-order valence-corrected chi connectivity index (χ4v) is 2.44. The predicted molar refractivity (Wildman–Crippen MR) is 81.2 cm³/mol. The van der Waals surface area contributed by atoms with Crippen molar-refractivity contribution in [1.29, 1.82) is 0 Å². The molecular formula is C16H16N2O4. The smallest absolute Gasteiger partial charge is 0.328 e. The molecule has 114 valence electrons. The average Bonchev–Trinajstić information content (AvgIpc) is 2.48. The summed E-state index contributed by atoms with van der Waals surface area (Å²) in [6.45, 7) is 0. The summed E-state index contributed by atoms with van der Waals surface area (Å²) in [6, 6.07) is 9.13. The van der Waals surface area contributed by atoms with Gasteiger partial charge in [0, 0.05) is 5.92 Å². The van der Waals surface area contributed by atoms with E-state index in [1.54, 1.807) is 6.08 Å². The van der Waals surface area contributed by atoms with Crippen LogP contribution in [-0.4, -0.2) is 22.2 Å². The van der Waals surface area contributed by atoms with Crippen LogP contribution in [0.2, 0.25) is 0 Å². The molecule has 6 nitrogen and oxygen atoms in total. The van der Waals surface area contributed by atoms with E-state index in [4.69, 9.17) is 11.5 Å². The van der Waals surface area contributed by atoms with Crippen LogP contribution in [0.3, 0.4) is 0 Å². The van der Waals surface area contributed by atoms with Crippen LogP contribution in [0.25, 0.3) is 6.08 Å². The molecule has 1 aliphatic rings. The van der Waals surface area contributed by atoms with Gasteiger partial charge < -0.3 is 21.7 Å². The number of carbonyl (C=O) groups is 2. The number of rotatable bonds is 4. The molecule has 0 radical (unpaired) electrons. The molecule has 0 saturated carbocycles. The van der Waals surface area contributed by atoms with Crippen molar-refractivity contribution >= 4 is 18.0 Å². The Kier molecular flexibility index (Phi) is 4.03. The Labute approximate surface area is 127 Å². The molecule has 0 aliphatic heterocycles. The minimum Gasteiger partial charge on any atom is -0.480 e. The molecule has 1 unspecified atom stereocenters. The van der Waals surface area contributed by atoms with Crippen molar-refractivity contribution in [2.24, 2.45) is 22.8 Å². The Bertz CT molecular complexity index is 675. The summed E-state index contributed by atoms with van der Waals surface area (Å²) >= 11 is 0. The lowest BCUT2D eigenvalue weighted by atomic mass is 9.69. The van der Waals surface area contributed by atoms with Crippen molar-refractivity contribution in [1.82, 2.24) is 0 Å². The van der Waals surface area contributed by atoms with Crippen LogP contribution >= 0.6 is 0 Å². The molecule has 0 bridgehead atoms. The van der Waals surface area contributed by atoms with Crippen molar-refractivity contribution in [3.05, 3.63) is 65.5 Å². The number of hydrogen-bond acceptors (Lipinski definition) is 4. The number of benzene rings is 1. The molecule has 1 aromatic rings. The van der Waals surface area contributed by atoms with Crippen molar-refractivity contribution < 1.29 is 19.8 Å². The quantitative estimate of drug-likeness (QED) is 0.618. The predicted octanol–water partition coefficient (Wildman–Crippen LogP) is 1.17. The fraction of sp³-hybridized carbons (Fsp3) is 0.125. The summed E-state index contributed by atoms with van der Waals surface area (Å²) < 4.78 is 0. The third kappa shape index (κ3) is 2.35. The maximum Gasteiger partial charge on any atom is 0.328 e. The molecule has 1 aromatic carbocycles. The van der Waals surface area contributed by atoms with Crippen LogP contribution in [0.1, 0.15) is 5.56 Å². The lowest BCUT2D eigenvalue weighted by Gasteiger charge is -2.33. The summed E-state index contributed by atoms with van der Waals surface area (Å²) in [4.78, 5) is 23.4. The zero-order valence-corrected chi connectivity index (χ0v) is 11.6. The normalized spacial score (nSPS) is 20.3. The zero-order valence-electron chi connectivity index (χ0n) is 11.6. The standard InChI is InChI=1S/C16H16N2O4/c17-12-9-8-11(7-6-10-4-2-1-3-5-10)16(13(12)18,14(19)20)15(21)22/h1-9,11H,17-18H2,(H,19,20)(H,21,22). The Morgan fingerprint density at radius 3 is 2.23 bits per heavy atom. The van der Waals surface area contributed by atoms with Gasteiger partial charge in [0.25, 0.3) is 0 Å². The summed E-state index contributed by atoms with van der Waals surface area (Å²) in [6.07, 6.45) is 6.03. The van der Waals surface area contributed by atoms with Gasteiger partial charge >= 0.3 is 11.9 Å². The van der Waals surface area contributed by atoms with E-state index in [9.17, 15) is 19.8 Å². The Hall–Kier alpha value is -3.02. The van der Waals surface area contributed by atoms with Crippen molar-refractivity contribution in [2.75, 3.05) is 0 Å². The highest BCUT2D eigenvalue weighted by Gasteiger charge is 2.55. The topological polar surface area (TPSA) is 127 Å². The molecule has 2 rings (SSSR count). The third-order valence-electron chi connectivity index (χ3n) is 3.69. The van der Waals surface area contributed by atoms with Gasteiger partial charge in [0.1, 0.15) is 0 Å². The number of aliphatic carboxylic acids is 2. The Morgan fingerprint density at radius 2 is 1.68 bits per heavy atom. The van der Waals surface area contributed by atoms with Crippen LogP contribution in [0.4, 0.5) is 0 Å². The molecule has 1 aliphatic carbocycles. The van der Waals surface area contributed by atoms with Crippen LogP contribution in [0.15, 0.2) is 60.0 Å². The minimum atomic E-state index is -2.30. The summed E-state index contributed by atoms with van der Waals surface area (Å²) in [7, 11) is 0. The summed E-state index contributed by atoms with van der Waals surface area (Å²) in [5, 5.41) is 19.0. The minimum absolute atomic E-state index is 0.0471. The fourth-order valence-electron chi connectivity index (χ4n) is 2.44. The maximum absolute atomic E-state index is 11.7. The van der Waals surface area contributed by atoms with Crippen molar-refractivity contribution in [3.63, 3.8) is 0 Å². The van der Waals surface area contributed by atoms with Crippen LogP contribution in [-0.2, 0) is 9.59 Å². The second kappa shape index (κ2) is 5.77. The van der Waals surface area contributed by atoms with Crippen molar-refractivity contribution in [3.8, 4) is 0 Å². The lowest BCUT2D eigenvalue weighted by molar-refractivity contribution is -0.163. The monoisotopic (exact) mass is 300 g/mol. The van der Waals surface area contributed by atoms with Gasteiger partial charge in [0.2, 0.25) is 5.41 Å². The second-order valence-corrected chi connectivity index (χ2v) is 4.94. The number of nitrogens with two attached hydrogens (primary N) is 2. The average molecular weight is 300 g/mol. The van der Waals surface area contributed by atoms with Gasteiger partial charge in [-0.2, -0.15) is 0 Å². The van der Waals surface area contributed by atoms with Gasteiger partial charge in [-0.15, -0.1) is 0 Å². The highest BCUT2D eigenvalue weighted by atomic mass is 16.4. The van der Waals surface area contributed by atoms with E-state index in [0.29, 0.717) is 0 Å². The van der Waals surface area contributed by atoms with Crippen LogP contribution < -0.4 is 11.5 Å². The second-order valence-electron chi connectivity index (χ2n) is 4.94. The van der Waals surface area contributed by atoms with E-state index in [1.165, 1.54) is 18.2 Å². The van der Waals surface area contributed by atoms with Gasteiger partial charge in [0.15, 0.2) is 0 Å². The first kappa shape index (κ1) is 15.4. The highest BCUT2D eigenvalue weighted by Crippen LogP contribution is 2.40. The van der Waals surface area contributed by atoms with E-state index < -0.39 is 23.3 Å². The summed E-state index contributed by atoms with van der Waals surface area (Å²) in [5.74, 6) is -4.05. The largest absolute Gasteiger partial charge is 0.480 e. The molecule has 0 heterocycles. The third-order valence-corrected chi connectivity index (χ3v) is 3.69. The molecule has 0 fully saturated rings. The molecule has 6 N–H and O–H groups in total. The van der Waals surface area contributed by atoms with Crippen molar-refractivity contribution in [2.45, 2.75) is 0 Å². The molecule has 0 spiro atoms. The first-order valence-electron chi connectivity index (χ1n) is 6.54. The van der Waals surface area contributed by atoms with Gasteiger partial charge in [-0.05, 0) is 11.6 Å². The highest BCUT2D eigenvalue weighted by molar-refractivity contribution is 6.03. The van der Waals surface area contributed by atoms with Gasteiger partial charge in [-0.3, -0.25) is 9.59 Å². The Morgan fingerprint density at radius 1 is 1.09 bits per heavy atom. The number of carboxylic acids is 2. The van der Waals surface area contributed by atoms with E-state index in [-0.39, 0.29) is 11.4 Å². The molecule has 1 atom stereocenters. The van der Waals surface area contributed by atoms with Crippen LogP contribution in [0, 0.1) is 11.3 Å². The molecule has 6 heteroatoms. The first-order valence-corrected chi connectivity index (χ1v) is 6.54. The number of carboxylic acid groups (broad SMARTS) is 2. The van der Waals surface area contributed by atoms with E-state index in [2.05, 4.69) is 0 Å². The zero-order chi connectivity index (χ0) is 16.3. The first-order chi connectivity index (χ1) is 10.4. The van der Waals surface area contributed by atoms with Gasteiger partial charge in [-0.1, -0.05) is 48.6 Å². The number of hydrogen-bond donors (Lipinski definition) is 4. The van der Waals surface area contributed by atoms with E-state index in [1.807, 2.05) is 30.3 Å². The number of allylic oxidation sites excluding steroid dienone is 3. The lowest BCUT2D eigenvalue weighted by Crippen LogP contribution is -2.50. The Balaban J connectivity index is 2.50. The van der Waals surface area contributed by atoms with Gasteiger partial charge in [0.05, 0.1) is 11.4 Å². The van der Waals surface area contributed by atoms with Gasteiger partial charge in [-0.25, -0.2) is 0 Å². The SMILES string of the molecule is NC1=C(N)C(C(=O)O)(C(=O)O)C(C=Cc2ccccc2)C=C1. The molecule has 0 amide bonds. The summed E-state index contributed by atoms with van der Waals surface area (Å²) in [5.41, 5.74) is 9.45. The van der Waals surface area contributed by atoms with Crippen LogP contribution in [0.5, 0.6) is 0 Å². The molecule has 22 heavy (non-hydrogen) atoms. The molecule has 0 saturated heterocycles. The van der Waals surface area contributed by atoms with E-state index in [0.717, 1.165) is 5.56 Å². The van der Waals surface area contributed by atoms with E-state index >= 15 is 0 Å². The maximum atomic E-state index is 11.7.